The van der Waals surface area contributed by atoms with E-state index in [1.807, 2.05) is 6.92 Å². The third kappa shape index (κ3) is 3.85. The second kappa shape index (κ2) is 7.04. The van der Waals surface area contributed by atoms with Crippen molar-refractivity contribution in [1.29, 1.82) is 0 Å². The smallest absolute Gasteiger partial charge is 0.424 e. The van der Waals surface area contributed by atoms with Crippen molar-refractivity contribution >= 4 is 6.03 Å². The largest absolute Gasteiger partial charge is 0.463 e. The number of likely N-dealkylation sites (tertiary alicyclic amines) is 1. The van der Waals surface area contributed by atoms with Gasteiger partial charge in [-0.2, -0.15) is 13.2 Å². The molecule has 2 heterocycles. The molecule has 0 aliphatic carbocycles. The Morgan fingerprint density at radius 3 is 2.67 bits per heavy atom. The lowest BCUT2D eigenvalue weighted by Crippen LogP contribution is -2.49. The highest BCUT2D eigenvalue weighted by atomic mass is 19.4. The molecular formula is C16H23F3N2O3. The minimum Gasteiger partial charge on any atom is -0.463 e. The molecule has 1 saturated heterocycles. The number of hydrogen-bond donors (Lipinski definition) is 2. The monoisotopic (exact) mass is 348 g/mol. The van der Waals surface area contributed by atoms with E-state index in [9.17, 15) is 23.1 Å². The average molecular weight is 348 g/mol. The number of carbonyl (C=O) groups excluding carboxylic acids is 1. The fraction of sp³-hybridized carbons (Fsp3) is 0.688. The number of urea groups is 1. The number of aryl methyl sites for hydroxylation is 1. The lowest BCUT2D eigenvalue weighted by atomic mass is 9.95. The summed E-state index contributed by atoms with van der Waals surface area (Å²) in [5.74, 6) is -0.285. The Morgan fingerprint density at radius 2 is 2.12 bits per heavy atom. The summed E-state index contributed by atoms with van der Waals surface area (Å²) in [7, 11) is 0. The van der Waals surface area contributed by atoms with Crippen LogP contribution in [-0.4, -0.2) is 41.3 Å². The van der Waals surface area contributed by atoms with Gasteiger partial charge in [0.1, 0.15) is 11.5 Å². The first kappa shape index (κ1) is 18.6. The van der Waals surface area contributed by atoms with Gasteiger partial charge in [0.05, 0.1) is 0 Å². The van der Waals surface area contributed by atoms with E-state index in [0.717, 1.165) is 25.3 Å². The van der Waals surface area contributed by atoms with Gasteiger partial charge in [0.2, 0.25) is 5.60 Å². The number of alkyl halides is 3. The number of piperidine rings is 1. The minimum absolute atomic E-state index is 0.0629. The van der Waals surface area contributed by atoms with Gasteiger partial charge in [0.25, 0.3) is 0 Å². The van der Waals surface area contributed by atoms with Crippen LogP contribution in [0.1, 0.15) is 44.1 Å². The molecule has 2 rings (SSSR count). The summed E-state index contributed by atoms with van der Waals surface area (Å²) in [6.07, 6.45) is -2.81. The molecule has 0 bridgehead atoms. The van der Waals surface area contributed by atoms with Crippen molar-refractivity contribution in [3.05, 3.63) is 23.7 Å². The fourth-order valence-electron chi connectivity index (χ4n) is 2.91. The predicted molar refractivity (Wildman–Crippen MR) is 81.4 cm³/mol. The Labute approximate surface area is 138 Å². The first-order valence-corrected chi connectivity index (χ1v) is 8.05. The van der Waals surface area contributed by atoms with Crippen LogP contribution in [0.4, 0.5) is 18.0 Å². The van der Waals surface area contributed by atoms with Crippen LogP contribution in [0.15, 0.2) is 16.5 Å². The molecule has 1 aromatic rings. The van der Waals surface area contributed by atoms with Crippen molar-refractivity contribution < 1.29 is 27.5 Å². The summed E-state index contributed by atoms with van der Waals surface area (Å²) in [4.78, 5) is 13.7. The second-order valence-electron chi connectivity index (χ2n) is 6.29. The van der Waals surface area contributed by atoms with E-state index < -0.39 is 30.0 Å². The molecule has 5 nitrogen and oxygen atoms in total. The van der Waals surface area contributed by atoms with Crippen molar-refractivity contribution in [1.82, 2.24) is 10.2 Å². The highest BCUT2D eigenvalue weighted by molar-refractivity contribution is 5.74. The van der Waals surface area contributed by atoms with Crippen LogP contribution in [0, 0.1) is 6.92 Å². The number of halogens is 3. The summed E-state index contributed by atoms with van der Waals surface area (Å²) < 4.78 is 44.9. The molecule has 1 aliphatic rings. The average Bonchev–Trinajstić information content (AvgIpc) is 2.93. The van der Waals surface area contributed by atoms with Crippen molar-refractivity contribution in [3.8, 4) is 0 Å². The molecule has 0 aromatic carbocycles. The third-order valence-electron chi connectivity index (χ3n) is 4.44. The number of aliphatic hydroxyl groups is 1. The predicted octanol–water partition coefficient (Wildman–Crippen LogP) is 3.31. The molecule has 24 heavy (non-hydrogen) atoms. The van der Waals surface area contributed by atoms with Gasteiger partial charge in [-0.15, -0.1) is 0 Å². The number of nitrogens with one attached hydrogen (secondary N) is 1. The Bertz CT molecular complexity index is 573. The van der Waals surface area contributed by atoms with Crippen molar-refractivity contribution in [2.45, 2.75) is 57.3 Å². The maximum absolute atomic E-state index is 13.3. The van der Waals surface area contributed by atoms with Crippen LogP contribution >= 0.6 is 0 Å². The van der Waals surface area contributed by atoms with Crippen molar-refractivity contribution in [2.75, 3.05) is 13.1 Å². The molecule has 2 N–H and O–H groups in total. The normalized spacial score (nSPS) is 21.4. The zero-order valence-corrected chi connectivity index (χ0v) is 13.8. The topological polar surface area (TPSA) is 65.7 Å². The molecule has 1 aliphatic heterocycles. The third-order valence-corrected chi connectivity index (χ3v) is 4.44. The lowest BCUT2D eigenvalue weighted by molar-refractivity contribution is -0.274. The van der Waals surface area contributed by atoms with Gasteiger partial charge in [0, 0.05) is 25.6 Å². The van der Waals surface area contributed by atoms with Crippen LogP contribution in [0.2, 0.25) is 0 Å². The van der Waals surface area contributed by atoms with Gasteiger partial charge < -0.3 is 19.7 Å². The molecule has 2 amide bonds. The number of rotatable bonds is 4. The molecule has 1 fully saturated rings. The van der Waals surface area contributed by atoms with E-state index in [4.69, 9.17) is 4.42 Å². The maximum Gasteiger partial charge on any atom is 0.424 e. The van der Waals surface area contributed by atoms with Gasteiger partial charge in [-0.1, -0.05) is 0 Å². The summed E-state index contributed by atoms with van der Waals surface area (Å²) in [5, 5.41) is 12.6. The molecule has 1 aromatic heterocycles. The van der Waals surface area contributed by atoms with Crippen LogP contribution in [0.5, 0.6) is 0 Å². The standard InChI is InChI=1S/C16H23F3N2O3/c1-11-5-3-4-10-21(11)14(22)20-9-8-15(23,16(17,18)19)13-7-6-12(2)24-13/h6-7,11,23H,3-5,8-10H2,1-2H3,(H,20,22). The van der Waals surface area contributed by atoms with Gasteiger partial charge in [-0.25, -0.2) is 4.79 Å². The zero-order chi connectivity index (χ0) is 18.0. The SMILES string of the molecule is Cc1ccc(C(O)(CCNC(=O)N2CCCCC2C)C(F)(F)F)o1. The highest BCUT2D eigenvalue weighted by Gasteiger charge is 2.56. The van der Waals surface area contributed by atoms with E-state index >= 15 is 0 Å². The number of carbonyl (C=O) groups is 1. The molecule has 0 spiro atoms. The molecule has 136 valence electrons. The van der Waals surface area contributed by atoms with Crippen LogP contribution in [0.3, 0.4) is 0 Å². The maximum atomic E-state index is 13.3. The minimum atomic E-state index is -4.90. The lowest BCUT2D eigenvalue weighted by Gasteiger charge is -2.34. The quantitative estimate of drug-likeness (QED) is 0.877. The van der Waals surface area contributed by atoms with E-state index in [1.54, 1.807) is 4.90 Å². The van der Waals surface area contributed by atoms with E-state index in [1.165, 1.54) is 13.0 Å². The molecular weight excluding hydrogens is 325 g/mol. The van der Waals surface area contributed by atoms with E-state index in [0.29, 0.717) is 6.54 Å². The number of nitrogens with zero attached hydrogens (tertiary/aromatic N) is 1. The van der Waals surface area contributed by atoms with Gasteiger partial charge >= 0.3 is 12.2 Å². The first-order valence-electron chi connectivity index (χ1n) is 8.05. The second-order valence-corrected chi connectivity index (χ2v) is 6.29. The van der Waals surface area contributed by atoms with E-state index in [-0.39, 0.29) is 18.3 Å². The number of amides is 2. The fourth-order valence-corrected chi connectivity index (χ4v) is 2.91. The van der Waals surface area contributed by atoms with Crippen molar-refractivity contribution in [3.63, 3.8) is 0 Å². The van der Waals surface area contributed by atoms with Gasteiger partial charge in [0.15, 0.2) is 0 Å². The van der Waals surface area contributed by atoms with Gasteiger partial charge in [-0.05, 0) is 45.2 Å². The Hall–Kier alpha value is -1.70. The zero-order valence-electron chi connectivity index (χ0n) is 13.8. The Morgan fingerprint density at radius 1 is 1.42 bits per heavy atom. The van der Waals surface area contributed by atoms with E-state index in [2.05, 4.69) is 5.32 Å². The van der Waals surface area contributed by atoms with Crippen LogP contribution in [0.25, 0.3) is 0 Å². The summed E-state index contributed by atoms with van der Waals surface area (Å²) in [5.41, 5.74) is -3.12. The Balaban J connectivity index is 2.00. The highest BCUT2D eigenvalue weighted by Crippen LogP contribution is 2.42. The summed E-state index contributed by atoms with van der Waals surface area (Å²) in [6, 6.07) is 2.13. The Kier molecular flexibility index (Phi) is 5.47. The first-order chi connectivity index (χ1) is 11.1. The molecule has 0 radical (unpaired) electrons. The molecule has 2 atom stereocenters. The molecule has 0 saturated carbocycles. The molecule has 2 unspecified atom stereocenters. The summed E-state index contributed by atoms with van der Waals surface area (Å²) in [6.45, 7) is 3.70. The number of hydrogen-bond acceptors (Lipinski definition) is 3. The summed E-state index contributed by atoms with van der Waals surface area (Å²) >= 11 is 0. The molecule has 8 heteroatoms. The van der Waals surface area contributed by atoms with Crippen LogP contribution in [-0.2, 0) is 5.60 Å². The number of furan rings is 1. The van der Waals surface area contributed by atoms with Crippen molar-refractivity contribution in [2.24, 2.45) is 0 Å². The van der Waals surface area contributed by atoms with Crippen LogP contribution < -0.4 is 5.32 Å². The van der Waals surface area contributed by atoms with Gasteiger partial charge in [-0.3, -0.25) is 0 Å².